The molecule has 0 aliphatic carbocycles. The van der Waals surface area contributed by atoms with Crippen molar-refractivity contribution in [3.05, 3.63) is 83.9 Å². The monoisotopic (exact) mass is 293 g/mol. The number of aryl methyl sites for hydroxylation is 1. The molecule has 0 bridgehead atoms. The van der Waals surface area contributed by atoms with Crippen LogP contribution in [0.2, 0.25) is 0 Å². The number of benzene rings is 4. The fourth-order valence-corrected chi connectivity index (χ4v) is 3.28. The van der Waals surface area contributed by atoms with Gasteiger partial charge >= 0.3 is 0 Å². The minimum atomic E-state index is 0.757. The molecule has 1 heteroatoms. The van der Waals surface area contributed by atoms with Crippen LogP contribution in [0.5, 0.6) is 0 Å². The predicted octanol–water partition coefficient (Wildman–Crippen LogP) is 5.84. The van der Waals surface area contributed by atoms with Crippen molar-refractivity contribution in [2.75, 3.05) is 0 Å². The molecule has 0 aliphatic heterocycles. The van der Waals surface area contributed by atoms with Crippen molar-refractivity contribution in [2.45, 2.75) is 6.92 Å². The third-order valence-corrected chi connectivity index (χ3v) is 4.38. The van der Waals surface area contributed by atoms with Crippen LogP contribution in [0.1, 0.15) is 11.1 Å². The van der Waals surface area contributed by atoms with Gasteiger partial charge in [0, 0.05) is 10.8 Å². The molecule has 0 saturated carbocycles. The van der Waals surface area contributed by atoms with Gasteiger partial charge in [0.25, 0.3) is 0 Å². The van der Waals surface area contributed by atoms with Gasteiger partial charge in [-0.15, -0.1) is 0 Å². The van der Waals surface area contributed by atoms with Gasteiger partial charge in [-0.2, -0.15) is 5.26 Å². The zero-order valence-corrected chi connectivity index (χ0v) is 12.9. The predicted molar refractivity (Wildman–Crippen MR) is 96.3 cm³/mol. The first-order valence-electron chi connectivity index (χ1n) is 7.70. The largest absolute Gasteiger partial charge is 0.192 e. The first-order valence-corrected chi connectivity index (χ1v) is 7.70. The smallest absolute Gasteiger partial charge is 0.100 e. The Morgan fingerprint density at radius 2 is 1.13 bits per heavy atom. The molecular formula is C22H15N. The van der Waals surface area contributed by atoms with E-state index >= 15 is 0 Å². The highest BCUT2D eigenvalue weighted by Gasteiger charge is 2.14. The Kier molecular flexibility index (Phi) is 3.10. The first-order chi connectivity index (χ1) is 11.3. The maximum atomic E-state index is 9.68. The molecule has 0 fully saturated rings. The van der Waals surface area contributed by atoms with Gasteiger partial charge in [-0.05, 0) is 28.8 Å². The molecule has 0 amide bonds. The lowest BCUT2D eigenvalue weighted by atomic mass is 9.88. The van der Waals surface area contributed by atoms with Crippen LogP contribution < -0.4 is 0 Å². The summed E-state index contributed by atoms with van der Waals surface area (Å²) in [5.74, 6) is 0. The average molecular weight is 293 g/mol. The molecular weight excluding hydrogens is 278 g/mol. The molecule has 0 radical (unpaired) electrons. The van der Waals surface area contributed by atoms with E-state index < -0.39 is 0 Å². The molecule has 0 aromatic heterocycles. The fourth-order valence-electron chi connectivity index (χ4n) is 3.28. The molecule has 108 valence electrons. The van der Waals surface area contributed by atoms with E-state index in [1.807, 2.05) is 36.4 Å². The number of hydrogen-bond acceptors (Lipinski definition) is 1. The van der Waals surface area contributed by atoms with Gasteiger partial charge in [0.05, 0.1) is 5.56 Å². The Hall–Kier alpha value is -3.11. The molecule has 4 aromatic carbocycles. The molecule has 0 unspecified atom stereocenters. The number of fused-ring (bicyclic) bond motifs is 2. The van der Waals surface area contributed by atoms with Crippen molar-refractivity contribution >= 4 is 21.5 Å². The molecule has 0 saturated heterocycles. The van der Waals surface area contributed by atoms with E-state index in [0.29, 0.717) is 0 Å². The summed E-state index contributed by atoms with van der Waals surface area (Å²) in [6.45, 7) is 2.10. The maximum Gasteiger partial charge on any atom is 0.100 e. The molecule has 0 atom stereocenters. The highest BCUT2D eigenvalue weighted by Crippen LogP contribution is 2.38. The second kappa shape index (κ2) is 5.26. The van der Waals surface area contributed by atoms with Crippen LogP contribution in [-0.4, -0.2) is 0 Å². The normalized spacial score (nSPS) is 10.8. The Morgan fingerprint density at radius 1 is 0.652 bits per heavy atom. The first kappa shape index (κ1) is 13.5. The second-order valence-electron chi connectivity index (χ2n) is 5.82. The van der Waals surface area contributed by atoms with Crippen LogP contribution in [0.3, 0.4) is 0 Å². The summed E-state index contributed by atoms with van der Waals surface area (Å²) < 4.78 is 0. The van der Waals surface area contributed by atoms with E-state index in [2.05, 4.69) is 49.4 Å². The van der Waals surface area contributed by atoms with Gasteiger partial charge in [-0.25, -0.2) is 0 Å². The summed E-state index contributed by atoms with van der Waals surface area (Å²) in [6.07, 6.45) is 0. The Balaban J connectivity index is 2.25. The van der Waals surface area contributed by atoms with Crippen LogP contribution in [0.25, 0.3) is 32.7 Å². The highest BCUT2D eigenvalue weighted by molar-refractivity contribution is 6.16. The Labute approximate surface area is 135 Å². The molecule has 4 aromatic rings. The average Bonchev–Trinajstić information content (AvgIpc) is 2.60. The molecule has 4 rings (SSSR count). The SMILES string of the molecule is Cc1ccc(-c2c3ccccc3c(C#N)c3ccccc23)cc1. The molecule has 23 heavy (non-hydrogen) atoms. The van der Waals surface area contributed by atoms with Gasteiger partial charge in [0.1, 0.15) is 6.07 Å². The lowest BCUT2D eigenvalue weighted by Crippen LogP contribution is -1.90. The van der Waals surface area contributed by atoms with E-state index in [1.54, 1.807) is 0 Å². The summed E-state index contributed by atoms with van der Waals surface area (Å²) in [6, 6.07) is 27.4. The van der Waals surface area contributed by atoms with Crippen LogP contribution in [0, 0.1) is 18.3 Å². The minimum absolute atomic E-state index is 0.757. The minimum Gasteiger partial charge on any atom is -0.192 e. The quantitative estimate of drug-likeness (QED) is 0.404. The summed E-state index contributed by atoms with van der Waals surface area (Å²) >= 11 is 0. The van der Waals surface area contributed by atoms with E-state index in [-0.39, 0.29) is 0 Å². The van der Waals surface area contributed by atoms with E-state index in [0.717, 1.165) is 27.1 Å². The van der Waals surface area contributed by atoms with Gasteiger partial charge in [0.15, 0.2) is 0 Å². The van der Waals surface area contributed by atoms with Crippen molar-refractivity contribution < 1.29 is 0 Å². The van der Waals surface area contributed by atoms with Gasteiger partial charge in [-0.1, -0.05) is 78.4 Å². The molecule has 0 spiro atoms. The Morgan fingerprint density at radius 3 is 1.61 bits per heavy atom. The third-order valence-electron chi connectivity index (χ3n) is 4.38. The molecule has 1 nitrogen and oxygen atoms in total. The van der Waals surface area contributed by atoms with E-state index in [4.69, 9.17) is 0 Å². The summed E-state index contributed by atoms with van der Waals surface area (Å²) in [5.41, 5.74) is 4.39. The summed E-state index contributed by atoms with van der Waals surface area (Å²) in [4.78, 5) is 0. The van der Waals surface area contributed by atoms with Gasteiger partial charge < -0.3 is 0 Å². The highest BCUT2D eigenvalue weighted by atomic mass is 14.3. The third kappa shape index (κ3) is 2.08. The zero-order chi connectivity index (χ0) is 15.8. The number of rotatable bonds is 1. The van der Waals surface area contributed by atoms with E-state index in [9.17, 15) is 5.26 Å². The van der Waals surface area contributed by atoms with Gasteiger partial charge in [0.2, 0.25) is 0 Å². The summed E-state index contributed by atoms with van der Waals surface area (Å²) in [7, 11) is 0. The van der Waals surface area contributed by atoms with Crippen molar-refractivity contribution in [3.8, 4) is 17.2 Å². The number of hydrogen-bond donors (Lipinski definition) is 0. The van der Waals surface area contributed by atoms with Crippen LogP contribution in [-0.2, 0) is 0 Å². The van der Waals surface area contributed by atoms with Gasteiger partial charge in [-0.3, -0.25) is 0 Å². The topological polar surface area (TPSA) is 23.8 Å². The molecule has 0 aliphatic rings. The molecule has 0 N–H and O–H groups in total. The van der Waals surface area contributed by atoms with Crippen LogP contribution >= 0.6 is 0 Å². The summed E-state index contributed by atoms with van der Waals surface area (Å²) in [5, 5.41) is 14.0. The lowest BCUT2D eigenvalue weighted by molar-refractivity contribution is 1.47. The standard InChI is InChI=1S/C22H15N/c1-15-10-12-16(13-11-15)22-19-8-4-2-6-17(19)21(14-23)18-7-3-5-9-20(18)22/h2-13H,1H3. The molecule has 0 heterocycles. The van der Waals surface area contributed by atoms with Crippen molar-refractivity contribution in [1.82, 2.24) is 0 Å². The van der Waals surface area contributed by atoms with Crippen LogP contribution in [0.4, 0.5) is 0 Å². The van der Waals surface area contributed by atoms with Crippen LogP contribution in [0.15, 0.2) is 72.8 Å². The zero-order valence-electron chi connectivity index (χ0n) is 12.9. The van der Waals surface area contributed by atoms with Crippen molar-refractivity contribution in [1.29, 1.82) is 5.26 Å². The fraction of sp³-hybridized carbons (Fsp3) is 0.0455. The number of nitriles is 1. The maximum absolute atomic E-state index is 9.68. The van der Waals surface area contributed by atoms with E-state index in [1.165, 1.54) is 16.7 Å². The van der Waals surface area contributed by atoms with Crippen molar-refractivity contribution in [3.63, 3.8) is 0 Å². The number of nitrogens with zero attached hydrogens (tertiary/aromatic N) is 1. The Bertz CT molecular complexity index is 1010. The lowest BCUT2D eigenvalue weighted by Gasteiger charge is -2.14. The second-order valence-corrected chi connectivity index (χ2v) is 5.82. The van der Waals surface area contributed by atoms with Crippen molar-refractivity contribution in [2.24, 2.45) is 0 Å².